The van der Waals surface area contributed by atoms with Crippen molar-refractivity contribution in [3.8, 4) is 0 Å². The maximum atomic E-state index is 14.0. The summed E-state index contributed by atoms with van der Waals surface area (Å²) in [4.78, 5) is 25.6. The summed E-state index contributed by atoms with van der Waals surface area (Å²) in [6.45, 7) is 8.33. The molecule has 0 aromatic heterocycles. The van der Waals surface area contributed by atoms with Crippen LogP contribution in [0, 0.1) is 5.82 Å². The van der Waals surface area contributed by atoms with E-state index in [-0.39, 0.29) is 17.8 Å². The van der Waals surface area contributed by atoms with Crippen LogP contribution in [0.25, 0.3) is 0 Å². The van der Waals surface area contributed by atoms with E-state index in [9.17, 15) is 9.18 Å². The van der Waals surface area contributed by atoms with Gasteiger partial charge in [-0.3, -0.25) is 14.7 Å². The molecule has 1 N–H and O–H groups in total. The summed E-state index contributed by atoms with van der Waals surface area (Å²) in [5, 5.41) is 3.41. The molecule has 7 nitrogen and oxygen atoms in total. The van der Waals surface area contributed by atoms with E-state index in [1.54, 1.807) is 7.05 Å². The van der Waals surface area contributed by atoms with Crippen molar-refractivity contribution >= 4 is 11.9 Å². The molecule has 172 valence electrons. The average molecular weight is 433 g/mol. The van der Waals surface area contributed by atoms with Gasteiger partial charge in [-0.05, 0) is 51.6 Å². The van der Waals surface area contributed by atoms with Crippen LogP contribution >= 0.6 is 0 Å². The van der Waals surface area contributed by atoms with Crippen LogP contribution in [0.1, 0.15) is 30.9 Å². The summed E-state index contributed by atoms with van der Waals surface area (Å²) in [5.41, 5.74) is 1.73. The zero-order valence-electron chi connectivity index (χ0n) is 19.4. The fraction of sp³-hybridized carbons (Fsp3) is 0.652. The van der Waals surface area contributed by atoms with Gasteiger partial charge in [0, 0.05) is 65.0 Å². The van der Waals surface area contributed by atoms with E-state index in [0.717, 1.165) is 63.6 Å². The van der Waals surface area contributed by atoms with Crippen LogP contribution in [0.4, 0.5) is 4.39 Å². The Kier molecular flexibility index (Phi) is 8.26. The van der Waals surface area contributed by atoms with Crippen molar-refractivity contribution in [2.24, 2.45) is 4.99 Å². The number of aliphatic imine (C=N–C) groups is 1. The highest BCUT2D eigenvalue weighted by Gasteiger charge is 2.30. The number of carbonyl (C=O) groups is 1. The number of hydrogen-bond acceptors (Lipinski definition) is 4. The normalized spacial score (nSPS) is 19.2. The van der Waals surface area contributed by atoms with Gasteiger partial charge in [0.2, 0.25) is 5.91 Å². The Labute approximate surface area is 185 Å². The molecule has 3 rings (SSSR count). The van der Waals surface area contributed by atoms with Crippen LogP contribution in [-0.2, 0) is 17.9 Å². The van der Waals surface area contributed by atoms with Crippen molar-refractivity contribution in [1.82, 2.24) is 24.9 Å². The first-order chi connectivity index (χ1) is 14.9. The number of halogens is 1. The van der Waals surface area contributed by atoms with Crippen LogP contribution in [0.5, 0.6) is 0 Å². The smallest absolute Gasteiger partial charge is 0.239 e. The standard InChI is InChI=1S/C23H37FN6O/c1-18(22(31)29-9-5-6-10-29)28-11-13-30(14-12-28)23(25-2)26-16-19-7-8-21(24)20(15-19)17-27(3)4/h7-8,15,18H,5-6,9-14,16-17H2,1-4H3,(H,25,26). The topological polar surface area (TPSA) is 54.4 Å². The first-order valence-electron chi connectivity index (χ1n) is 11.3. The van der Waals surface area contributed by atoms with Gasteiger partial charge >= 0.3 is 0 Å². The van der Waals surface area contributed by atoms with Crippen molar-refractivity contribution < 1.29 is 9.18 Å². The molecule has 2 heterocycles. The van der Waals surface area contributed by atoms with Gasteiger partial charge in [0.1, 0.15) is 5.82 Å². The molecule has 31 heavy (non-hydrogen) atoms. The molecule has 1 unspecified atom stereocenters. The second-order valence-electron chi connectivity index (χ2n) is 8.80. The number of carbonyl (C=O) groups excluding carboxylic acids is 1. The van der Waals surface area contributed by atoms with Crippen molar-refractivity contribution in [2.75, 3.05) is 60.4 Å². The largest absolute Gasteiger partial charge is 0.352 e. The molecule has 0 spiro atoms. The lowest BCUT2D eigenvalue weighted by molar-refractivity contribution is -0.135. The highest BCUT2D eigenvalue weighted by Crippen LogP contribution is 2.15. The number of nitrogens with zero attached hydrogens (tertiary/aromatic N) is 5. The summed E-state index contributed by atoms with van der Waals surface area (Å²) in [6, 6.07) is 5.21. The summed E-state index contributed by atoms with van der Waals surface area (Å²) in [6.07, 6.45) is 2.25. The van der Waals surface area contributed by atoms with Gasteiger partial charge in [0.25, 0.3) is 0 Å². The van der Waals surface area contributed by atoms with E-state index in [1.165, 1.54) is 6.07 Å². The Bertz CT molecular complexity index is 769. The summed E-state index contributed by atoms with van der Waals surface area (Å²) >= 11 is 0. The highest BCUT2D eigenvalue weighted by atomic mass is 19.1. The Morgan fingerprint density at radius 2 is 1.81 bits per heavy atom. The molecular formula is C23H37FN6O. The maximum absolute atomic E-state index is 14.0. The van der Waals surface area contributed by atoms with Gasteiger partial charge in [0.05, 0.1) is 6.04 Å². The molecule has 2 aliphatic heterocycles. The molecule has 1 amide bonds. The van der Waals surface area contributed by atoms with Crippen LogP contribution in [0.3, 0.4) is 0 Å². The lowest BCUT2D eigenvalue weighted by atomic mass is 10.1. The molecule has 1 atom stereocenters. The zero-order valence-corrected chi connectivity index (χ0v) is 19.4. The van der Waals surface area contributed by atoms with Gasteiger partial charge in [0.15, 0.2) is 5.96 Å². The number of rotatable bonds is 6. The fourth-order valence-electron chi connectivity index (χ4n) is 4.39. The molecule has 1 aromatic rings. The zero-order chi connectivity index (χ0) is 22.4. The number of likely N-dealkylation sites (tertiary alicyclic amines) is 1. The minimum absolute atomic E-state index is 0.0652. The Morgan fingerprint density at radius 1 is 1.13 bits per heavy atom. The predicted molar refractivity (Wildman–Crippen MR) is 122 cm³/mol. The number of hydrogen-bond donors (Lipinski definition) is 1. The third kappa shape index (κ3) is 6.17. The molecule has 0 aliphatic carbocycles. The van der Waals surface area contributed by atoms with Crippen molar-refractivity contribution in [2.45, 2.75) is 38.9 Å². The molecular weight excluding hydrogens is 395 g/mol. The Balaban J connectivity index is 1.51. The second-order valence-corrected chi connectivity index (χ2v) is 8.80. The lowest BCUT2D eigenvalue weighted by Crippen LogP contribution is -2.57. The third-order valence-electron chi connectivity index (χ3n) is 6.20. The Hall–Kier alpha value is -2.19. The van der Waals surface area contributed by atoms with Crippen LogP contribution in [0.15, 0.2) is 23.2 Å². The number of benzene rings is 1. The van der Waals surface area contributed by atoms with Gasteiger partial charge in [-0.1, -0.05) is 6.07 Å². The summed E-state index contributed by atoms with van der Waals surface area (Å²) in [7, 11) is 5.66. The van der Waals surface area contributed by atoms with Gasteiger partial charge in [-0.15, -0.1) is 0 Å². The maximum Gasteiger partial charge on any atom is 0.239 e. The first kappa shape index (κ1) is 23.5. The van der Waals surface area contributed by atoms with E-state index in [4.69, 9.17) is 0 Å². The minimum atomic E-state index is -0.171. The molecule has 1 aromatic carbocycles. The molecule has 2 saturated heterocycles. The van der Waals surface area contributed by atoms with Gasteiger partial charge < -0.3 is 20.0 Å². The van der Waals surface area contributed by atoms with E-state index in [2.05, 4.69) is 20.1 Å². The van der Waals surface area contributed by atoms with Crippen molar-refractivity contribution in [3.63, 3.8) is 0 Å². The minimum Gasteiger partial charge on any atom is -0.352 e. The molecule has 2 aliphatic rings. The number of guanidine groups is 1. The average Bonchev–Trinajstić information content (AvgIpc) is 3.30. The molecule has 0 saturated carbocycles. The van der Waals surface area contributed by atoms with Gasteiger partial charge in [-0.2, -0.15) is 0 Å². The van der Waals surface area contributed by atoms with Crippen molar-refractivity contribution in [1.29, 1.82) is 0 Å². The summed E-state index contributed by atoms with van der Waals surface area (Å²) in [5.74, 6) is 0.936. The summed E-state index contributed by atoms with van der Waals surface area (Å²) < 4.78 is 14.0. The van der Waals surface area contributed by atoms with E-state index < -0.39 is 0 Å². The van der Waals surface area contributed by atoms with Crippen molar-refractivity contribution in [3.05, 3.63) is 35.1 Å². The Morgan fingerprint density at radius 3 is 2.42 bits per heavy atom. The molecule has 0 radical (unpaired) electrons. The number of nitrogens with one attached hydrogen (secondary N) is 1. The first-order valence-corrected chi connectivity index (χ1v) is 11.3. The fourth-order valence-corrected chi connectivity index (χ4v) is 4.39. The lowest BCUT2D eigenvalue weighted by Gasteiger charge is -2.39. The molecule has 2 fully saturated rings. The second kappa shape index (κ2) is 10.9. The molecule has 0 bridgehead atoms. The van der Waals surface area contributed by atoms with Crippen LogP contribution < -0.4 is 5.32 Å². The predicted octanol–water partition coefficient (Wildman–Crippen LogP) is 1.59. The van der Waals surface area contributed by atoms with Crippen LogP contribution in [0.2, 0.25) is 0 Å². The monoisotopic (exact) mass is 432 g/mol. The highest BCUT2D eigenvalue weighted by molar-refractivity contribution is 5.82. The van der Waals surface area contributed by atoms with E-state index in [0.29, 0.717) is 18.7 Å². The quantitative estimate of drug-likeness (QED) is 0.547. The number of piperazine rings is 1. The third-order valence-corrected chi connectivity index (χ3v) is 6.20. The van der Waals surface area contributed by atoms with E-state index >= 15 is 0 Å². The van der Waals surface area contributed by atoms with Crippen LogP contribution in [-0.4, -0.2) is 97.9 Å². The SMILES string of the molecule is CN=C(NCc1ccc(F)c(CN(C)C)c1)N1CCN(C(C)C(=O)N2CCCC2)CC1. The van der Waals surface area contributed by atoms with E-state index in [1.807, 2.05) is 43.0 Å². The molecule has 8 heteroatoms. The number of amides is 1. The van der Waals surface area contributed by atoms with Gasteiger partial charge in [-0.25, -0.2) is 4.39 Å².